The number of benzene rings is 2. The van der Waals surface area contributed by atoms with Crippen LogP contribution in [0.2, 0.25) is 0 Å². The number of ether oxygens (including phenoxy) is 5. The van der Waals surface area contributed by atoms with Gasteiger partial charge in [0.15, 0.2) is 0 Å². The number of allylic oxidation sites excluding steroid dienone is 1. The number of anilines is 1. The maximum absolute atomic E-state index is 13.6. The Morgan fingerprint density at radius 1 is 0.830 bits per heavy atom. The van der Waals surface area contributed by atoms with Gasteiger partial charge in [-0.1, -0.05) is 38.1 Å². The van der Waals surface area contributed by atoms with Crippen molar-refractivity contribution in [3.63, 3.8) is 0 Å². The first-order valence-electron chi connectivity index (χ1n) is 15.2. The highest BCUT2D eigenvalue weighted by atomic mass is 16.6. The third kappa shape index (κ3) is 7.70. The third-order valence-electron chi connectivity index (χ3n) is 8.21. The Bertz CT molecular complexity index is 1630. The van der Waals surface area contributed by atoms with Crippen LogP contribution in [0.5, 0.6) is 11.5 Å². The van der Waals surface area contributed by atoms with Crippen molar-refractivity contribution >= 4 is 47.5 Å². The van der Waals surface area contributed by atoms with Crippen LogP contribution < -0.4 is 14.8 Å². The van der Waals surface area contributed by atoms with Crippen LogP contribution in [0, 0.1) is 11.3 Å². The average molecular weight is 650 g/mol. The molecule has 1 saturated carbocycles. The van der Waals surface area contributed by atoms with E-state index < -0.39 is 41.5 Å². The molecule has 2 aliphatic rings. The summed E-state index contributed by atoms with van der Waals surface area (Å²) in [5.41, 5.74) is -1.65. The fourth-order valence-electron chi connectivity index (χ4n) is 6.45. The van der Waals surface area contributed by atoms with Crippen molar-refractivity contribution < 1.29 is 52.5 Å². The zero-order valence-corrected chi connectivity index (χ0v) is 27.5. The first-order chi connectivity index (χ1) is 22.0. The van der Waals surface area contributed by atoms with E-state index in [-0.39, 0.29) is 51.7 Å². The van der Waals surface area contributed by atoms with Crippen LogP contribution in [0.1, 0.15) is 84.4 Å². The summed E-state index contributed by atoms with van der Waals surface area (Å²) in [4.78, 5) is 74.6. The predicted octanol–water partition coefficient (Wildman–Crippen LogP) is 5.00. The smallest absolute Gasteiger partial charge is 0.308 e. The second-order valence-electron chi connectivity index (χ2n) is 12.3. The molecule has 12 nitrogen and oxygen atoms in total. The van der Waals surface area contributed by atoms with E-state index >= 15 is 0 Å². The number of rotatable bonds is 8. The molecule has 1 fully saturated rings. The topological polar surface area (TPSA) is 161 Å². The van der Waals surface area contributed by atoms with Crippen LogP contribution in [0.4, 0.5) is 5.69 Å². The van der Waals surface area contributed by atoms with E-state index in [1.807, 2.05) is 13.0 Å². The SMILES string of the molecule is CC(=O)Oc1ccc([C@]2(OC(C)=O)c3c(ccc(/C=C/[C@]4(C)CC[C@H](OC(C)=O)[C@@H](C)C4)c3OC(C)=O)NC(=O)[C@H]2OC(C)=O)cc1. The number of fused-ring (bicyclic) bond motifs is 1. The molecule has 12 heteroatoms. The van der Waals surface area contributed by atoms with Crippen LogP contribution in [-0.2, 0) is 48.6 Å². The molecule has 1 aliphatic carbocycles. The monoisotopic (exact) mass is 649 g/mol. The zero-order chi connectivity index (χ0) is 34.7. The van der Waals surface area contributed by atoms with Crippen LogP contribution in [0.3, 0.4) is 0 Å². The molecule has 0 aromatic heterocycles. The summed E-state index contributed by atoms with van der Waals surface area (Å²) < 4.78 is 28.0. The molecule has 2 aromatic carbocycles. The Morgan fingerprint density at radius 3 is 2.02 bits per heavy atom. The van der Waals surface area contributed by atoms with E-state index in [4.69, 9.17) is 23.7 Å². The minimum Gasteiger partial charge on any atom is -0.462 e. The summed E-state index contributed by atoms with van der Waals surface area (Å²) in [7, 11) is 0. The normalized spacial score (nSPS) is 25.2. The summed E-state index contributed by atoms with van der Waals surface area (Å²) in [6.07, 6.45) is 3.94. The highest BCUT2D eigenvalue weighted by molar-refractivity contribution is 6.02. The van der Waals surface area contributed by atoms with Gasteiger partial charge in [0.05, 0.1) is 11.3 Å². The number of carbonyl (C=O) groups is 6. The maximum Gasteiger partial charge on any atom is 0.308 e. The number of hydrogen-bond acceptors (Lipinski definition) is 11. The molecular weight excluding hydrogens is 610 g/mol. The molecule has 0 spiro atoms. The second-order valence-corrected chi connectivity index (χ2v) is 12.3. The maximum atomic E-state index is 13.6. The molecule has 0 unspecified atom stereocenters. The van der Waals surface area contributed by atoms with Gasteiger partial charge in [0.2, 0.25) is 11.7 Å². The molecular formula is C35H39NO11. The van der Waals surface area contributed by atoms with Crippen molar-refractivity contribution in [2.24, 2.45) is 11.3 Å². The highest BCUT2D eigenvalue weighted by Gasteiger charge is 2.58. The lowest BCUT2D eigenvalue weighted by molar-refractivity contribution is -0.182. The molecule has 0 bridgehead atoms. The third-order valence-corrected chi connectivity index (χ3v) is 8.21. The largest absolute Gasteiger partial charge is 0.462 e. The highest BCUT2D eigenvalue weighted by Crippen LogP contribution is 2.52. The predicted molar refractivity (Wildman–Crippen MR) is 168 cm³/mol. The van der Waals surface area contributed by atoms with Crippen LogP contribution in [0.15, 0.2) is 42.5 Å². The molecule has 1 heterocycles. The van der Waals surface area contributed by atoms with E-state index in [2.05, 4.69) is 12.2 Å². The minimum atomic E-state index is -2.14. The summed E-state index contributed by atoms with van der Waals surface area (Å²) in [6.45, 7) is 10.2. The van der Waals surface area contributed by atoms with E-state index in [0.717, 1.165) is 20.3 Å². The van der Waals surface area contributed by atoms with Gasteiger partial charge in [-0.2, -0.15) is 0 Å². The molecule has 47 heavy (non-hydrogen) atoms. The average Bonchev–Trinajstić information content (AvgIpc) is 2.95. The summed E-state index contributed by atoms with van der Waals surface area (Å²) in [6, 6.07) is 9.02. The Balaban J connectivity index is 1.95. The van der Waals surface area contributed by atoms with Gasteiger partial charge < -0.3 is 29.0 Å². The first-order valence-corrected chi connectivity index (χ1v) is 15.2. The summed E-state index contributed by atoms with van der Waals surface area (Å²) in [5.74, 6) is -3.80. The van der Waals surface area contributed by atoms with Crippen molar-refractivity contribution in [2.45, 2.75) is 85.5 Å². The molecule has 2 aromatic rings. The van der Waals surface area contributed by atoms with Gasteiger partial charge in [-0.05, 0) is 54.9 Å². The van der Waals surface area contributed by atoms with Crippen molar-refractivity contribution in [2.75, 3.05) is 5.32 Å². The van der Waals surface area contributed by atoms with Crippen molar-refractivity contribution in [3.8, 4) is 11.5 Å². The molecule has 1 aliphatic heterocycles. The van der Waals surface area contributed by atoms with Crippen molar-refractivity contribution in [3.05, 3.63) is 59.2 Å². The molecule has 5 atom stereocenters. The first kappa shape index (κ1) is 34.9. The standard InChI is InChI=1S/C35H39NO11/c1-19-18-34(7,17-15-29(19)44-21(3)38)16-14-25-8-13-28-30(31(25)45-22(4)39)35(47-24(6)41,32(33(42)36-28)46-23(5)40)26-9-11-27(12-10-26)43-20(2)37/h8-14,16,19,29,32H,15,17-18H2,1-7H3,(H,36,42)/b16-14+/t19-,29-,32+,34+,35-/m0/s1. The number of carbonyl (C=O) groups excluding carboxylic acids is 6. The summed E-state index contributed by atoms with van der Waals surface area (Å²) in [5, 5.41) is 2.70. The van der Waals surface area contributed by atoms with Gasteiger partial charge in [-0.3, -0.25) is 28.8 Å². The van der Waals surface area contributed by atoms with Crippen LogP contribution in [-0.4, -0.2) is 48.0 Å². The molecule has 0 radical (unpaired) electrons. The number of amides is 1. The number of hydrogen-bond donors (Lipinski definition) is 1. The number of nitrogens with one attached hydrogen (secondary N) is 1. The van der Waals surface area contributed by atoms with Gasteiger partial charge >= 0.3 is 29.8 Å². The minimum absolute atomic E-state index is 0.0287. The van der Waals surface area contributed by atoms with E-state index in [0.29, 0.717) is 18.4 Å². The zero-order valence-electron chi connectivity index (χ0n) is 27.5. The quantitative estimate of drug-likeness (QED) is 0.233. The Hall–Kier alpha value is -5.00. The molecule has 250 valence electrons. The Kier molecular flexibility index (Phi) is 10.2. The van der Waals surface area contributed by atoms with Crippen molar-refractivity contribution in [1.29, 1.82) is 0 Å². The van der Waals surface area contributed by atoms with Gasteiger partial charge in [0, 0.05) is 45.7 Å². The second kappa shape index (κ2) is 13.8. The lowest BCUT2D eigenvalue weighted by atomic mass is 9.69. The van der Waals surface area contributed by atoms with E-state index in [1.165, 1.54) is 45.0 Å². The fraction of sp³-hybridized carbons (Fsp3) is 0.429. The van der Waals surface area contributed by atoms with E-state index in [1.54, 1.807) is 18.2 Å². The van der Waals surface area contributed by atoms with Gasteiger partial charge in [-0.15, -0.1) is 0 Å². The fourth-order valence-corrected chi connectivity index (χ4v) is 6.45. The van der Waals surface area contributed by atoms with Gasteiger partial charge in [0.1, 0.15) is 17.6 Å². The molecule has 1 N–H and O–H groups in total. The van der Waals surface area contributed by atoms with Crippen LogP contribution >= 0.6 is 0 Å². The van der Waals surface area contributed by atoms with Gasteiger partial charge in [-0.25, -0.2) is 0 Å². The lowest BCUT2D eigenvalue weighted by Gasteiger charge is -2.43. The Labute approximate surface area is 272 Å². The van der Waals surface area contributed by atoms with Crippen LogP contribution in [0.25, 0.3) is 6.08 Å². The molecule has 4 rings (SSSR count). The molecule has 1 amide bonds. The van der Waals surface area contributed by atoms with Gasteiger partial charge in [0.25, 0.3) is 5.91 Å². The van der Waals surface area contributed by atoms with Crippen molar-refractivity contribution in [1.82, 2.24) is 0 Å². The summed E-state index contributed by atoms with van der Waals surface area (Å²) >= 11 is 0. The Morgan fingerprint density at radius 2 is 1.47 bits per heavy atom. The van der Waals surface area contributed by atoms with E-state index in [9.17, 15) is 28.8 Å². The number of esters is 5. The lowest BCUT2D eigenvalue weighted by Crippen LogP contribution is -2.56. The molecule has 0 saturated heterocycles.